The van der Waals surface area contributed by atoms with E-state index in [-0.39, 0.29) is 0 Å². The fourth-order valence-corrected chi connectivity index (χ4v) is 1.29. The Labute approximate surface area is 74.0 Å². The average molecular weight is 183 g/mol. The van der Waals surface area contributed by atoms with Crippen LogP contribution in [0.15, 0.2) is 12.3 Å². The number of aryl methyl sites for hydroxylation is 1. The molecule has 0 aliphatic carbocycles. The minimum atomic E-state index is 0.359. The monoisotopic (exact) mass is 182 g/mol. The smallest absolute Gasteiger partial charge is 0.207 e. The molecule has 2 aromatic heterocycles. The Morgan fingerprint density at radius 3 is 3.00 bits per heavy atom. The molecule has 0 aromatic carbocycles. The largest absolute Gasteiger partial charge is 0.369 e. The predicted octanol–water partition coefficient (Wildman–Crippen LogP) is 1.27. The Kier molecular flexibility index (Phi) is 1.44. The van der Waals surface area contributed by atoms with Crippen LogP contribution < -0.4 is 5.73 Å². The van der Waals surface area contributed by atoms with Gasteiger partial charge in [0.2, 0.25) is 5.95 Å². The standard InChI is InChI=1S/C7H7ClN4/c1-4-3-12-6(10-4)2-5(8)11-7(12)9/h2-3H,1H3,(H2,9,11). The topological polar surface area (TPSA) is 56.2 Å². The minimum Gasteiger partial charge on any atom is -0.369 e. The number of hydrogen-bond donors (Lipinski definition) is 1. The lowest BCUT2D eigenvalue weighted by atomic mass is 10.6. The van der Waals surface area contributed by atoms with Gasteiger partial charge in [0.05, 0.1) is 5.69 Å². The van der Waals surface area contributed by atoms with Gasteiger partial charge >= 0.3 is 0 Å². The first kappa shape index (κ1) is 7.36. The van der Waals surface area contributed by atoms with Gasteiger partial charge in [-0.15, -0.1) is 0 Å². The van der Waals surface area contributed by atoms with Crippen LogP contribution in [0.2, 0.25) is 5.15 Å². The second-order valence-corrected chi connectivity index (χ2v) is 2.93. The Balaban J connectivity index is 2.88. The average Bonchev–Trinajstić information content (AvgIpc) is 2.29. The first-order valence-corrected chi connectivity index (χ1v) is 3.82. The zero-order chi connectivity index (χ0) is 8.72. The number of rotatable bonds is 0. The van der Waals surface area contributed by atoms with Gasteiger partial charge in [-0.2, -0.15) is 0 Å². The highest BCUT2D eigenvalue weighted by molar-refractivity contribution is 6.29. The molecule has 0 bridgehead atoms. The highest BCUT2D eigenvalue weighted by Crippen LogP contribution is 2.13. The number of nitrogen functional groups attached to an aromatic ring is 1. The Hall–Kier alpha value is -1.29. The number of hydrogen-bond acceptors (Lipinski definition) is 3. The van der Waals surface area contributed by atoms with Gasteiger partial charge in [-0.3, -0.25) is 4.40 Å². The van der Waals surface area contributed by atoms with Crippen molar-refractivity contribution in [2.45, 2.75) is 6.92 Å². The van der Waals surface area contributed by atoms with Gasteiger partial charge in [-0.25, -0.2) is 9.97 Å². The summed E-state index contributed by atoms with van der Waals surface area (Å²) in [5.74, 6) is 0.359. The van der Waals surface area contributed by atoms with Crippen LogP contribution in [0, 0.1) is 6.92 Å². The van der Waals surface area contributed by atoms with Crippen molar-refractivity contribution in [3.05, 3.63) is 23.1 Å². The molecule has 0 atom stereocenters. The van der Waals surface area contributed by atoms with Gasteiger partial charge in [0.15, 0.2) is 0 Å². The second-order valence-electron chi connectivity index (χ2n) is 2.55. The number of nitrogens with two attached hydrogens (primary N) is 1. The van der Waals surface area contributed by atoms with Gasteiger partial charge in [0.1, 0.15) is 10.8 Å². The Morgan fingerprint density at radius 2 is 2.25 bits per heavy atom. The molecule has 0 amide bonds. The molecular weight excluding hydrogens is 176 g/mol. The molecule has 5 heteroatoms. The molecule has 0 fully saturated rings. The minimum absolute atomic E-state index is 0.359. The van der Waals surface area contributed by atoms with Crippen LogP contribution >= 0.6 is 11.6 Å². The predicted molar refractivity (Wildman–Crippen MR) is 47.1 cm³/mol. The summed E-state index contributed by atoms with van der Waals surface area (Å²) in [7, 11) is 0. The van der Waals surface area contributed by atoms with Crippen LogP contribution in [-0.4, -0.2) is 14.4 Å². The molecule has 0 aliphatic heterocycles. The normalized spacial score (nSPS) is 10.8. The van der Waals surface area contributed by atoms with Gasteiger partial charge in [-0.1, -0.05) is 11.6 Å². The quantitative estimate of drug-likeness (QED) is 0.625. The number of anilines is 1. The first-order valence-electron chi connectivity index (χ1n) is 3.44. The van der Waals surface area contributed by atoms with Gasteiger partial charge in [-0.05, 0) is 6.92 Å². The molecule has 4 nitrogen and oxygen atoms in total. The molecule has 0 saturated heterocycles. The molecule has 2 aromatic rings. The molecule has 2 N–H and O–H groups in total. The maximum atomic E-state index is 5.69. The first-order chi connectivity index (χ1) is 5.66. The summed E-state index contributed by atoms with van der Waals surface area (Å²) in [6.45, 7) is 1.89. The van der Waals surface area contributed by atoms with E-state index in [4.69, 9.17) is 17.3 Å². The van der Waals surface area contributed by atoms with Crippen molar-refractivity contribution in [1.82, 2.24) is 14.4 Å². The van der Waals surface area contributed by atoms with E-state index in [0.29, 0.717) is 11.1 Å². The molecule has 62 valence electrons. The van der Waals surface area contributed by atoms with Crippen LogP contribution in [-0.2, 0) is 0 Å². The molecule has 2 rings (SSSR count). The van der Waals surface area contributed by atoms with E-state index in [9.17, 15) is 0 Å². The van der Waals surface area contributed by atoms with E-state index in [2.05, 4.69) is 9.97 Å². The second kappa shape index (κ2) is 2.35. The Morgan fingerprint density at radius 1 is 1.50 bits per heavy atom. The van der Waals surface area contributed by atoms with Crippen molar-refractivity contribution >= 4 is 23.2 Å². The van der Waals surface area contributed by atoms with Crippen LogP contribution in [0.1, 0.15) is 5.69 Å². The fraction of sp³-hybridized carbons (Fsp3) is 0.143. The third-order valence-electron chi connectivity index (χ3n) is 1.57. The number of imidazole rings is 1. The molecule has 0 saturated carbocycles. The third-order valence-corrected chi connectivity index (χ3v) is 1.76. The molecule has 0 aliphatic rings. The number of aromatic nitrogens is 3. The van der Waals surface area contributed by atoms with Gasteiger partial charge in [0.25, 0.3) is 0 Å². The summed E-state index contributed by atoms with van der Waals surface area (Å²) in [6, 6.07) is 1.67. The molecular formula is C7H7ClN4. The van der Waals surface area contributed by atoms with Crippen LogP contribution in [0.25, 0.3) is 5.65 Å². The van der Waals surface area contributed by atoms with Crippen molar-refractivity contribution in [2.24, 2.45) is 0 Å². The van der Waals surface area contributed by atoms with Crippen LogP contribution in [0.5, 0.6) is 0 Å². The molecule has 0 unspecified atom stereocenters. The van der Waals surface area contributed by atoms with Crippen molar-refractivity contribution < 1.29 is 0 Å². The fourth-order valence-electron chi connectivity index (χ4n) is 1.10. The van der Waals surface area contributed by atoms with Gasteiger partial charge in [0, 0.05) is 12.3 Å². The number of fused-ring (bicyclic) bond motifs is 1. The molecule has 12 heavy (non-hydrogen) atoms. The lowest BCUT2D eigenvalue weighted by Crippen LogP contribution is -1.98. The van der Waals surface area contributed by atoms with E-state index < -0.39 is 0 Å². The maximum absolute atomic E-state index is 5.69. The third kappa shape index (κ3) is 1.00. The highest BCUT2D eigenvalue weighted by Gasteiger charge is 2.02. The summed E-state index contributed by atoms with van der Waals surface area (Å²) in [6.07, 6.45) is 1.81. The van der Waals surface area contributed by atoms with E-state index >= 15 is 0 Å². The number of nitrogens with zero attached hydrogens (tertiary/aromatic N) is 3. The summed E-state index contributed by atoms with van der Waals surface area (Å²) < 4.78 is 1.70. The van der Waals surface area contributed by atoms with Crippen molar-refractivity contribution in [2.75, 3.05) is 5.73 Å². The summed E-state index contributed by atoms with van der Waals surface area (Å²) >= 11 is 5.69. The van der Waals surface area contributed by atoms with Gasteiger partial charge < -0.3 is 5.73 Å². The number of halogens is 1. The zero-order valence-electron chi connectivity index (χ0n) is 6.45. The highest BCUT2D eigenvalue weighted by atomic mass is 35.5. The summed E-state index contributed by atoms with van der Waals surface area (Å²) in [5.41, 5.74) is 7.22. The lowest BCUT2D eigenvalue weighted by Gasteiger charge is -1.97. The zero-order valence-corrected chi connectivity index (χ0v) is 7.21. The van der Waals surface area contributed by atoms with Crippen molar-refractivity contribution in [3.8, 4) is 0 Å². The van der Waals surface area contributed by atoms with Crippen molar-refractivity contribution in [1.29, 1.82) is 0 Å². The lowest BCUT2D eigenvalue weighted by molar-refractivity contribution is 1.11. The Bertz CT molecular complexity index is 434. The molecule has 2 heterocycles. The molecule has 0 radical (unpaired) electrons. The van der Waals surface area contributed by atoms with E-state index in [1.54, 1.807) is 10.5 Å². The van der Waals surface area contributed by atoms with E-state index in [0.717, 1.165) is 11.3 Å². The van der Waals surface area contributed by atoms with Crippen LogP contribution in [0.4, 0.5) is 5.95 Å². The van der Waals surface area contributed by atoms with Crippen molar-refractivity contribution in [3.63, 3.8) is 0 Å². The SMILES string of the molecule is Cc1cn2c(N)nc(Cl)cc2n1. The maximum Gasteiger partial charge on any atom is 0.207 e. The summed E-state index contributed by atoms with van der Waals surface area (Å²) in [5, 5.41) is 0.366. The van der Waals surface area contributed by atoms with E-state index in [1.807, 2.05) is 13.1 Å². The van der Waals surface area contributed by atoms with Crippen LogP contribution in [0.3, 0.4) is 0 Å². The molecule has 0 spiro atoms. The van der Waals surface area contributed by atoms with E-state index in [1.165, 1.54) is 0 Å². The summed E-state index contributed by atoms with van der Waals surface area (Å²) in [4.78, 5) is 8.07.